The first-order chi connectivity index (χ1) is 14.6. The van der Waals surface area contributed by atoms with Crippen LogP contribution in [0.1, 0.15) is 32.7 Å². The summed E-state index contributed by atoms with van der Waals surface area (Å²) in [6, 6.07) is 26.2. The van der Waals surface area contributed by atoms with Gasteiger partial charge in [0.15, 0.2) is 0 Å². The molecule has 150 valence electrons. The van der Waals surface area contributed by atoms with Gasteiger partial charge in [-0.1, -0.05) is 60.7 Å². The van der Waals surface area contributed by atoms with Gasteiger partial charge in [0, 0.05) is 25.2 Å². The predicted molar refractivity (Wildman–Crippen MR) is 115 cm³/mol. The number of para-hydroxylation sites is 1. The van der Waals surface area contributed by atoms with E-state index in [0.29, 0.717) is 24.1 Å². The summed E-state index contributed by atoms with van der Waals surface area (Å²) in [4.78, 5) is 41.1. The molecule has 0 saturated heterocycles. The summed E-state index contributed by atoms with van der Waals surface area (Å²) in [5.41, 5.74) is 2.75. The number of nitrogens with zero attached hydrogens (tertiary/aromatic N) is 2. The Balaban J connectivity index is 1.46. The van der Waals surface area contributed by atoms with E-state index in [4.69, 9.17) is 0 Å². The van der Waals surface area contributed by atoms with E-state index in [-0.39, 0.29) is 30.7 Å². The van der Waals surface area contributed by atoms with Gasteiger partial charge in [-0.15, -0.1) is 0 Å². The molecule has 3 aromatic carbocycles. The van der Waals surface area contributed by atoms with E-state index in [1.165, 1.54) is 4.90 Å². The Kier molecular flexibility index (Phi) is 5.70. The van der Waals surface area contributed by atoms with Crippen LogP contribution in [0.15, 0.2) is 84.9 Å². The Morgan fingerprint density at radius 2 is 1.27 bits per heavy atom. The maximum atomic E-state index is 13.1. The van der Waals surface area contributed by atoms with Crippen molar-refractivity contribution in [1.29, 1.82) is 0 Å². The average molecular weight is 398 g/mol. The van der Waals surface area contributed by atoms with Crippen LogP contribution in [0.2, 0.25) is 0 Å². The topological polar surface area (TPSA) is 57.7 Å². The number of imide groups is 1. The van der Waals surface area contributed by atoms with Crippen molar-refractivity contribution in [3.8, 4) is 0 Å². The van der Waals surface area contributed by atoms with Gasteiger partial charge in [-0.3, -0.25) is 19.3 Å². The van der Waals surface area contributed by atoms with Crippen molar-refractivity contribution in [3.63, 3.8) is 0 Å². The molecule has 0 fully saturated rings. The van der Waals surface area contributed by atoms with Crippen molar-refractivity contribution in [1.82, 2.24) is 4.90 Å². The molecule has 0 saturated carbocycles. The van der Waals surface area contributed by atoms with Crippen molar-refractivity contribution < 1.29 is 14.4 Å². The SMILES string of the molecule is O=C1c2ccccc2C(=O)N1CCC(=O)N(CCc1ccccc1)c1ccccc1. The molecule has 4 rings (SSSR count). The van der Waals surface area contributed by atoms with Gasteiger partial charge < -0.3 is 4.90 Å². The second-order valence-corrected chi connectivity index (χ2v) is 7.17. The van der Waals surface area contributed by atoms with Gasteiger partial charge in [-0.2, -0.15) is 0 Å². The highest BCUT2D eigenvalue weighted by atomic mass is 16.2. The zero-order valence-corrected chi connectivity index (χ0v) is 16.5. The van der Waals surface area contributed by atoms with Crippen molar-refractivity contribution in [2.24, 2.45) is 0 Å². The molecule has 0 spiro atoms. The number of carbonyl (C=O) groups is 3. The molecule has 0 aliphatic carbocycles. The average Bonchev–Trinajstić information content (AvgIpc) is 3.04. The number of benzene rings is 3. The van der Waals surface area contributed by atoms with Crippen LogP contribution in [0.25, 0.3) is 0 Å². The minimum absolute atomic E-state index is 0.0693. The van der Waals surface area contributed by atoms with E-state index in [1.54, 1.807) is 29.2 Å². The molecule has 1 heterocycles. The Labute approximate surface area is 175 Å². The summed E-state index contributed by atoms with van der Waals surface area (Å²) in [6.45, 7) is 0.592. The highest BCUT2D eigenvalue weighted by Gasteiger charge is 2.35. The third kappa shape index (κ3) is 4.01. The fraction of sp³-hybridized carbons (Fsp3) is 0.160. The second kappa shape index (κ2) is 8.74. The third-order valence-corrected chi connectivity index (χ3v) is 5.26. The minimum Gasteiger partial charge on any atom is -0.312 e. The number of amides is 3. The fourth-order valence-corrected chi connectivity index (χ4v) is 3.68. The summed E-state index contributed by atoms with van der Waals surface area (Å²) in [6.07, 6.45) is 0.795. The molecule has 0 unspecified atom stereocenters. The zero-order chi connectivity index (χ0) is 20.9. The normalized spacial score (nSPS) is 12.7. The van der Waals surface area contributed by atoms with E-state index in [2.05, 4.69) is 0 Å². The predicted octanol–water partition coefficient (Wildman–Crippen LogP) is 3.95. The number of rotatable bonds is 7. The number of hydrogen-bond donors (Lipinski definition) is 0. The van der Waals surface area contributed by atoms with Gasteiger partial charge in [-0.05, 0) is 36.2 Å². The number of carbonyl (C=O) groups excluding carboxylic acids is 3. The maximum Gasteiger partial charge on any atom is 0.261 e. The monoisotopic (exact) mass is 398 g/mol. The molecule has 3 aromatic rings. The molecule has 0 aromatic heterocycles. The van der Waals surface area contributed by atoms with E-state index in [9.17, 15) is 14.4 Å². The zero-order valence-electron chi connectivity index (χ0n) is 16.5. The summed E-state index contributed by atoms with van der Waals surface area (Å²) in [5, 5.41) is 0. The first-order valence-electron chi connectivity index (χ1n) is 10.00. The molecule has 1 aliphatic heterocycles. The van der Waals surface area contributed by atoms with Crippen molar-refractivity contribution in [3.05, 3.63) is 102 Å². The molecule has 0 atom stereocenters. The number of hydrogen-bond acceptors (Lipinski definition) is 3. The Morgan fingerprint density at radius 3 is 1.87 bits per heavy atom. The van der Waals surface area contributed by atoms with Crippen molar-refractivity contribution >= 4 is 23.4 Å². The van der Waals surface area contributed by atoms with Crippen molar-refractivity contribution in [2.45, 2.75) is 12.8 Å². The molecular formula is C25H22N2O3. The Hall–Kier alpha value is -3.73. The van der Waals surface area contributed by atoms with Gasteiger partial charge in [0.2, 0.25) is 5.91 Å². The summed E-state index contributed by atoms with van der Waals surface area (Å²) >= 11 is 0. The lowest BCUT2D eigenvalue weighted by Crippen LogP contribution is -2.37. The van der Waals surface area contributed by atoms with Crippen LogP contribution in [-0.2, 0) is 11.2 Å². The number of fused-ring (bicyclic) bond motifs is 1. The molecule has 5 heteroatoms. The van der Waals surface area contributed by atoms with Gasteiger partial charge >= 0.3 is 0 Å². The fourth-order valence-electron chi connectivity index (χ4n) is 3.68. The van der Waals surface area contributed by atoms with Gasteiger partial charge in [0.1, 0.15) is 0 Å². The number of anilines is 1. The quantitative estimate of drug-likeness (QED) is 0.566. The van der Waals surface area contributed by atoms with Crippen LogP contribution in [-0.4, -0.2) is 35.7 Å². The van der Waals surface area contributed by atoms with E-state index < -0.39 is 0 Å². The lowest BCUT2D eigenvalue weighted by molar-refractivity contribution is -0.118. The molecule has 0 bridgehead atoms. The summed E-state index contributed by atoms with van der Waals surface area (Å²) in [7, 11) is 0. The Bertz CT molecular complexity index is 1030. The highest BCUT2D eigenvalue weighted by molar-refractivity contribution is 6.21. The van der Waals surface area contributed by atoms with E-state index in [1.807, 2.05) is 60.7 Å². The largest absolute Gasteiger partial charge is 0.312 e. The molecule has 0 radical (unpaired) electrons. The molecular weight excluding hydrogens is 376 g/mol. The van der Waals surface area contributed by atoms with Gasteiger partial charge in [0.25, 0.3) is 11.8 Å². The first kappa shape index (κ1) is 19.6. The smallest absolute Gasteiger partial charge is 0.261 e. The second-order valence-electron chi connectivity index (χ2n) is 7.17. The van der Waals surface area contributed by atoms with Gasteiger partial charge in [0.05, 0.1) is 11.1 Å². The third-order valence-electron chi connectivity index (χ3n) is 5.26. The molecule has 1 aliphatic rings. The Morgan fingerprint density at radius 1 is 0.733 bits per heavy atom. The first-order valence-corrected chi connectivity index (χ1v) is 10.00. The van der Waals surface area contributed by atoms with Gasteiger partial charge in [-0.25, -0.2) is 0 Å². The van der Waals surface area contributed by atoms with Crippen LogP contribution >= 0.6 is 0 Å². The maximum absolute atomic E-state index is 13.1. The van der Waals surface area contributed by atoms with Crippen LogP contribution in [0.4, 0.5) is 5.69 Å². The lowest BCUT2D eigenvalue weighted by atomic mass is 10.1. The summed E-state index contributed by atoms with van der Waals surface area (Å²) in [5.74, 6) is -0.786. The molecule has 3 amide bonds. The molecule has 5 nitrogen and oxygen atoms in total. The molecule has 30 heavy (non-hydrogen) atoms. The van der Waals surface area contributed by atoms with Crippen LogP contribution < -0.4 is 4.90 Å². The van der Waals surface area contributed by atoms with Crippen LogP contribution in [0.5, 0.6) is 0 Å². The standard InChI is InChI=1S/C25H22N2O3/c28-23(16-18-27-24(29)21-13-7-8-14-22(21)25(27)30)26(20-11-5-2-6-12-20)17-15-19-9-3-1-4-10-19/h1-14H,15-18H2. The van der Waals surface area contributed by atoms with Crippen molar-refractivity contribution in [2.75, 3.05) is 18.0 Å². The highest BCUT2D eigenvalue weighted by Crippen LogP contribution is 2.23. The van der Waals surface area contributed by atoms with Crippen LogP contribution in [0.3, 0.4) is 0 Å². The van der Waals surface area contributed by atoms with E-state index in [0.717, 1.165) is 11.3 Å². The van der Waals surface area contributed by atoms with Crippen LogP contribution in [0, 0.1) is 0 Å². The minimum atomic E-state index is -0.334. The summed E-state index contributed by atoms with van der Waals surface area (Å²) < 4.78 is 0. The lowest BCUT2D eigenvalue weighted by Gasteiger charge is -2.24. The van der Waals surface area contributed by atoms with E-state index >= 15 is 0 Å². The molecule has 0 N–H and O–H groups in total.